The van der Waals surface area contributed by atoms with E-state index in [0.29, 0.717) is 18.3 Å². The van der Waals surface area contributed by atoms with Crippen molar-refractivity contribution in [3.63, 3.8) is 0 Å². The van der Waals surface area contributed by atoms with E-state index in [9.17, 15) is 4.79 Å². The van der Waals surface area contributed by atoms with Gasteiger partial charge in [-0.2, -0.15) is 5.10 Å². The summed E-state index contributed by atoms with van der Waals surface area (Å²) in [5.41, 5.74) is 0.962. The molecule has 1 saturated heterocycles. The minimum atomic E-state index is -0.0398. The number of furan rings is 1. The van der Waals surface area contributed by atoms with E-state index in [4.69, 9.17) is 4.42 Å². The number of rotatable bonds is 4. The molecule has 134 valence electrons. The molecule has 1 aliphatic heterocycles. The van der Waals surface area contributed by atoms with Gasteiger partial charge in [-0.05, 0) is 42.7 Å². The molecular formula is C18H20N6O2. The predicted octanol–water partition coefficient (Wildman–Crippen LogP) is 2.34. The molecular weight excluding hydrogens is 332 g/mol. The van der Waals surface area contributed by atoms with Crippen molar-refractivity contribution in [3.8, 4) is 5.82 Å². The number of aromatic nitrogens is 4. The number of nitrogens with one attached hydrogen (secondary N) is 1. The molecule has 4 rings (SSSR count). The van der Waals surface area contributed by atoms with Gasteiger partial charge in [0.05, 0.1) is 6.26 Å². The lowest BCUT2D eigenvalue weighted by Crippen LogP contribution is -2.43. The lowest BCUT2D eigenvalue weighted by atomic mass is 9.94. The van der Waals surface area contributed by atoms with Crippen LogP contribution < -0.4 is 5.32 Å². The van der Waals surface area contributed by atoms with Crippen LogP contribution in [0.25, 0.3) is 5.82 Å². The van der Waals surface area contributed by atoms with Crippen molar-refractivity contribution in [2.24, 2.45) is 0 Å². The van der Waals surface area contributed by atoms with Crippen LogP contribution in [0, 0.1) is 0 Å². The average molecular weight is 352 g/mol. The van der Waals surface area contributed by atoms with Crippen molar-refractivity contribution in [1.29, 1.82) is 0 Å². The molecule has 0 spiro atoms. The summed E-state index contributed by atoms with van der Waals surface area (Å²) in [6.07, 6.45) is 8.31. The SMILES string of the molecule is O=C(NCc1ccnc(-n2cncn2)c1)N1CCC(c2ccco2)CC1. The van der Waals surface area contributed by atoms with Crippen LogP contribution in [0.15, 0.2) is 53.8 Å². The molecule has 8 heteroatoms. The Morgan fingerprint density at radius 3 is 2.92 bits per heavy atom. The van der Waals surface area contributed by atoms with E-state index in [1.54, 1.807) is 23.5 Å². The van der Waals surface area contributed by atoms with Crippen LogP contribution >= 0.6 is 0 Å². The fourth-order valence-electron chi connectivity index (χ4n) is 3.20. The van der Waals surface area contributed by atoms with E-state index in [1.165, 1.54) is 6.33 Å². The summed E-state index contributed by atoms with van der Waals surface area (Å²) < 4.78 is 7.07. The van der Waals surface area contributed by atoms with Crippen LogP contribution in [0.2, 0.25) is 0 Å². The highest BCUT2D eigenvalue weighted by molar-refractivity contribution is 5.74. The van der Waals surface area contributed by atoms with Gasteiger partial charge in [-0.25, -0.2) is 19.4 Å². The van der Waals surface area contributed by atoms with Crippen molar-refractivity contribution >= 4 is 6.03 Å². The Bertz CT molecular complexity index is 838. The van der Waals surface area contributed by atoms with Crippen molar-refractivity contribution in [1.82, 2.24) is 30.0 Å². The molecule has 1 N–H and O–H groups in total. The van der Waals surface area contributed by atoms with E-state index in [-0.39, 0.29) is 6.03 Å². The number of urea groups is 1. The molecule has 0 saturated carbocycles. The first kappa shape index (κ1) is 16.3. The summed E-state index contributed by atoms with van der Waals surface area (Å²) in [6.45, 7) is 1.91. The zero-order chi connectivity index (χ0) is 17.8. The predicted molar refractivity (Wildman–Crippen MR) is 93.6 cm³/mol. The van der Waals surface area contributed by atoms with Crippen LogP contribution in [0.5, 0.6) is 0 Å². The van der Waals surface area contributed by atoms with Gasteiger partial charge in [0.2, 0.25) is 0 Å². The first-order chi connectivity index (χ1) is 12.8. The van der Waals surface area contributed by atoms with Crippen molar-refractivity contribution in [2.75, 3.05) is 13.1 Å². The lowest BCUT2D eigenvalue weighted by molar-refractivity contribution is 0.177. The smallest absolute Gasteiger partial charge is 0.317 e. The second-order valence-electron chi connectivity index (χ2n) is 6.30. The van der Waals surface area contributed by atoms with E-state index in [1.807, 2.05) is 29.2 Å². The first-order valence-corrected chi connectivity index (χ1v) is 8.66. The first-order valence-electron chi connectivity index (χ1n) is 8.66. The van der Waals surface area contributed by atoms with E-state index < -0.39 is 0 Å². The number of amides is 2. The molecule has 0 aliphatic carbocycles. The van der Waals surface area contributed by atoms with Crippen LogP contribution in [0.3, 0.4) is 0 Å². The normalized spacial score (nSPS) is 15.2. The molecule has 3 aromatic heterocycles. The Morgan fingerprint density at radius 2 is 2.19 bits per heavy atom. The van der Waals surface area contributed by atoms with Crippen LogP contribution in [-0.4, -0.2) is 43.8 Å². The molecule has 2 amide bonds. The van der Waals surface area contributed by atoms with Crippen LogP contribution in [0.4, 0.5) is 4.79 Å². The van der Waals surface area contributed by atoms with Crippen LogP contribution in [-0.2, 0) is 6.54 Å². The van der Waals surface area contributed by atoms with Crippen molar-refractivity contribution < 1.29 is 9.21 Å². The Hall–Kier alpha value is -3.16. The molecule has 0 aromatic carbocycles. The minimum absolute atomic E-state index is 0.0398. The van der Waals surface area contributed by atoms with Gasteiger partial charge in [0.15, 0.2) is 5.82 Å². The maximum absolute atomic E-state index is 12.4. The molecule has 4 heterocycles. The summed E-state index contributed by atoms with van der Waals surface area (Å²) in [7, 11) is 0. The molecule has 26 heavy (non-hydrogen) atoms. The third-order valence-electron chi connectivity index (χ3n) is 4.63. The number of hydrogen-bond acceptors (Lipinski definition) is 5. The second kappa shape index (κ2) is 7.38. The Morgan fingerprint density at radius 1 is 1.31 bits per heavy atom. The van der Waals surface area contributed by atoms with Gasteiger partial charge in [0, 0.05) is 31.7 Å². The fraction of sp³-hybridized carbons (Fsp3) is 0.333. The number of piperidine rings is 1. The summed E-state index contributed by atoms with van der Waals surface area (Å²) in [6, 6.07) is 7.65. The highest BCUT2D eigenvalue weighted by atomic mass is 16.3. The zero-order valence-corrected chi connectivity index (χ0v) is 14.3. The third kappa shape index (κ3) is 3.58. The van der Waals surface area contributed by atoms with Crippen molar-refractivity contribution in [2.45, 2.75) is 25.3 Å². The monoisotopic (exact) mass is 352 g/mol. The van der Waals surface area contributed by atoms with E-state index in [0.717, 1.165) is 37.3 Å². The third-order valence-corrected chi connectivity index (χ3v) is 4.63. The molecule has 0 unspecified atom stereocenters. The number of carbonyl (C=O) groups excluding carboxylic acids is 1. The van der Waals surface area contributed by atoms with Gasteiger partial charge >= 0.3 is 6.03 Å². The highest BCUT2D eigenvalue weighted by Gasteiger charge is 2.25. The lowest BCUT2D eigenvalue weighted by Gasteiger charge is -2.31. The second-order valence-corrected chi connectivity index (χ2v) is 6.30. The summed E-state index contributed by atoms with van der Waals surface area (Å²) in [5.74, 6) is 2.09. The van der Waals surface area contributed by atoms with Gasteiger partial charge in [-0.3, -0.25) is 0 Å². The van der Waals surface area contributed by atoms with Crippen molar-refractivity contribution in [3.05, 3.63) is 60.7 Å². The maximum Gasteiger partial charge on any atom is 0.317 e. The van der Waals surface area contributed by atoms with Gasteiger partial charge in [-0.1, -0.05) is 0 Å². The topological polar surface area (TPSA) is 89.1 Å². The summed E-state index contributed by atoms with van der Waals surface area (Å²) in [4.78, 5) is 22.5. The number of likely N-dealkylation sites (tertiary alicyclic amines) is 1. The standard InChI is InChI=1S/C18H20N6O2/c25-18(23-7-4-15(5-8-23)16-2-1-9-26-16)21-11-14-3-6-20-17(10-14)24-13-19-12-22-24/h1-3,6,9-10,12-13,15H,4-5,7-8,11H2,(H,21,25). The largest absolute Gasteiger partial charge is 0.469 e. The van der Waals surface area contributed by atoms with Gasteiger partial charge < -0.3 is 14.6 Å². The van der Waals surface area contributed by atoms with E-state index in [2.05, 4.69) is 20.4 Å². The minimum Gasteiger partial charge on any atom is -0.469 e. The molecule has 0 radical (unpaired) electrons. The number of carbonyl (C=O) groups is 1. The summed E-state index contributed by atoms with van der Waals surface area (Å²) in [5, 5.41) is 7.05. The number of hydrogen-bond donors (Lipinski definition) is 1. The van der Waals surface area contributed by atoms with Gasteiger partial charge in [0.1, 0.15) is 18.4 Å². The Labute approximate surface area is 150 Å². The Kier molecular flexibility index (Phi) is 4.63. The molecule has 3 aromatic rings. The highest BCUT2D eigenvalue weighted by Crippen LogP contribution is 2.28. The molecule has 0 atom stereocenters. The molecule has 1 aliphatic rings. The van der Waals surface area contributed by atoms with Gasteiger partial charge in [-0.15, -0.1) is 0 Å². The molecule has 0 bridgehead atoms. The molecule has 8 nitrogen and oxygen atoms in total. The average Bonchev–Trinajstić information content (AvgIpc) is 3.40. The van der Waals surface area contributed by atoms with E-state index >= 15 is 0 Å². The Balaban J connectivity index is 1.30. The molecule has 1 fully saturated rings. The summed E-state index contributed by atoms with van der Waals surface area (Å²) >= 11 is 0. The quantitative estimate of drug-likeness (QED) is 0.778. The number of nitrogens with zero attached hydrogens (tertiary/aromatic N) is 5. The maximum atomic E-state index is 12.4. The zero-order valence-electron chi connectivity index (χ0n) is 14.3. The fourth-order valence-corrected chi connectivity index (χ4v) is 3.20. The number of pyridine rings is 1. The van der Waals surface area contributed by atoms with Crippen LogP contribution in [0.1, 0.15) is 30.1 Å². The van der Waals surface area contributed by atoms with Gasteiger partial charge in [0.25, 0.3) is 0 Å².